The summed E-state index contributed by atoms with van der Waals surface area (Å²) in [4.78, 5) is 0. The Hall–Kier alpha value is -1.62. The van der Waals surface area contributed by atoms with Crippen molar-refractivity contribution in [2.75, 3.05) is 6.54 Å². The molecule has 0 fully saturated rings. The van der Waals surface area contributed by atoms with Crippen LogP contribution in [-0.2, 0) is 20.5 Å². The third-order valence-corrected chi connectivity index (χ3v) is 3.56. The highest BCUT2D eigenvalue weighted by atomic mass is 15.3. The average molecular weight is 261 g/mol. The van der Waals surface area contributed by atoms with Gasteiger partial charge in [0, 0.05) is 37.6 Å². The van der Waals surface area contributed by atoms with Gasteiger partial charge in [0.2, 0.25) is 0 Å². The van der Waals surface area contributed by atoms with Gasteiger partial charge in [0.25, 0.3) is 0 Å². The van der Waals surface area contributed by atoms with Crippen LogP contribution in [0.1, 0.15) is 35.5 Å². The van der Waals surface area contributed by atoms with Crippen molar-refractivity contribution < 1.29 is 0 Å². The number of hydrogen-bond donors (Lipinski definition) is 1. The second-order valence-corrected chi connectivity index (χ2v) is 5.04. The van der Waals surface area contributed by atoms with Crippen LogP contribution in [0.5, 0.6) is 0 Å². The Balaban J connectivity index is 2.29. The molecule has 0 spiro atoms. The number of aromatic nitrogens is 4. The highest BCUT2D eigenvalue weighted by molar-refractivity contribution is 5.29. The van der Waals surface area contributed by atoms with E-state index in [4.69, 9.17) is 0 Å². The zero-order valence-corrected chi connectivity index (χ0v) is 12.4. The molecule has 5 nitrogen and oxygen atoms in total. The fourth-order valence-corrected chi connectivity index (χ4v) is 2.63. The number of nitrogens with one attached hydrogen (secondary N) is 1. The van der Waals surface area contributed by atoms with Gasteiger partial charge in [0.15, 0.2) is 0 Å². The molecule has 0 saturated carbocycles. The van der Waals surface area contributed by atoms with Crippen LogP contribution in [0.3, 0.4) is 0 Å². The summed E-state index contributed by atoms with van der Waals surface area (Å²) in [5, 5.41) is 12.3. The molecule has 0 aliphatic rings. The van der Waals surface area contributed by atoms with E-state index in [1.165, 1.54) is 16.8 Å². The molecule has 1 unspecified atom stereocenters. The molecule has 19 heavy (non-hydrogen) atoms. The van der Waals surface area contributed by atoms with E-state index in [1.54, 1.807) is 0 Å². The van der Waals surface area contributed by atoms with Crippen LogP contribution < -0.4 is 5.32 Å². The number of rotatable bonds is 5. The summed E-state index contributed by atoms with van der Waals surface area (Å²) in [5.74, 6) is 0. The largest absolute Gasteiger partial charge is 0.310 e. The van der Waals surface area contributed by atoms with Crippen molar-refractivity contribution in [2.45, 2.75) is 33.2 Å². The summed E-state index contributed by atoms with van der Waals surface area (Å²) in [6.07, 6.45) is 4.95. The molecule has 1 atom stereocenters. The van der Waals surface area contributed by atoms with Crippen molar-refractivity contribution in [1.29, 1.82) is 0 Å². The van der Waals surface area contributed by atoms with Gasteiger partial charge >= 0.3 is 0 Å². The first-order chi connectivity index (χ1) is 9.02. The standard InChI is InChI=1S/C14H23N5/c1-6-15-13(7-12-8-16-18(4)9-12)14-10(2)17-19(5)11(14)3/h8-9,13,15H,6-7H2,1-5H3. The maximum Gasteiger partial charge on any atom is 0.0644 e. The molecule has 0 aromatic carbocycles. The van der Waals surface area contributed by atoms with Crippen LogP contribution in [0.25, 0.3) is 0 Å². The molecule has 2 aromatic rings. The normalized spacial score (nSPS) is 12.9. The minimum absolute atomic E-state index is 0.294. The number of aryl methyl sites for hydroxylation is 3. The molecule has 0 saturated heterocycles. The first-order valence-corrected chi connectivity index (χ1v) is 6.74. The molecule has 104 valence electrons. The molecule has 0 bridgehead atoms. The maximum atomic E-state index is 4.52. The highest BCUT2D eigenvalue weighted by Crippen LogP contribution is 2.24. The molecule has 0 aliphatic carbocycles. The minimum Gasteiger partial charge on any atom is -0.310 e. The molecule has 0 aliphatic heterocycles. The Morgan fingerprint density at radius 3 is 2.53 bits per heavy atom. The Morgan fingerprint density at radius 2 is 2.05 bits per heavy atom. The summed E-state index contributed by atoms with van der Waals surface area (Å²) in [7, 11) is 3.95. The maximum absolute atomic E-state index is 4.52. The van der Waals surface area contributed by atoms with Gasteiger partial charge in [0.1, 0.15) is 0 Å². The monoisotopic (exact) mass is 261 g/mol. The minimum atomic E-state index is 0.294. The van der Waals surface area contributed by atoms with Crippen molar-refractivity contribution in [1.82, 2.24) is 24.9 Å². The first-order valence-electron chi connectivity index (χ1n) is 6.74. The van der Waals surface area contributed by atoms with Gasteiger partial charge in [0.05, 0.1) is 11.9 Å². The lowest BCUT2D eigenvalue weighted by atomic mass is 9.99. The molecule has 0 amide bonds. The second-order valence-electron chi connectivity index (χ2n) is 5.04. The van der Waals surface area contributed by atoms with Crippen molar-refractivity contribution >= 4 is 0 Å². The third-order valence-electron chi connectivity index (χ3n) is 3.56. The Morgan fingerprint density at radius 1 is 1.32 bits per heavy atom. The van der Waals surface area contributed by atoms with Gasteiger partial charge in [-0.05, 0) is 32.4 Å². The van der Waals surface area contributed by atoms with Crippen LogP contribution in [0.15, 0.2) is 12.4 Å². The van der Waals surface area contributed by atoms with E-state index in [0.717, 1.165) is 18.7 Å². The average Bonchev–Trinajstić information content (AvgIpc) is 2.84. The summed E-state index contributed by atoms with van der Waals surface area (Å²) in [5.41, 5.74) is 4.89. The topological polar surface area (TPSA) is 47.7 Å². The van der Waals surface area contributed by atoms with E-state index >= 15 is 0 Å². The van der Waals surface area contributed by atoms with Crippen LogP contribution in [0.4, 0.5) is 0 Å². The van der Waals surface area contributed by atoms with Gasteiger partial charge < -0.3 is 5.32 Å². The SMILES string of the molecule is CCNC(Cc1cnn(C)c1)c1c(C)nn(C)c1C. The lowest BCUT2D eigenvalue weighted by Crippen LogP contribution is -2.24. The van der Waals surface area contributed by atoms with Crippen LogP contribution in [-0.4, -0.2) is 26.1 Å². The molecule has 5 heteroatoms. The van der Waals surface area contributed by atoms with E-state index in [9.17, 15) is 0 Å². The van der Waals surface area contributed by atoms with Gasteiger partial charge in [-0.15, -0.1) is 0 Å². The molecule has 0 radical (unpaired) electrons. The lowest BCUT2D eigenvalue weighted by Gasteiger charge is -2.18. The van der Waals surface area contributed by atoms with Gasteiger partial charge in [-0.2, -0.15) is 10.2 Å². The van der Waals surface area contributed by atoms with E-state index < -0.39 is 0 Å². The fraction of sp³-hybridized carbons (Fsp3) is 0.571. The van der Waals surface area contributed by atoms with E-state index in [1.807, 2.05) is 29.7 Å². The summed E-state index contributed by atoms with van der Waals surface area (Å²) >= 11 is 0. The summed E-state index contributed by atoms with van der Waals surface area (Å²) < 4.78 is 3.81. The summed E-state index contributed by atoms with van der Waals surface area (Å²) in [6.45, 7) is 7.29. The number of hydrogen-bond acceptors (Lipinski definition) is 3. The zero-order chi connectivity index (χ0) is 14.0. The quantitative estimate of drug-likeness (QED) is 0.890. The van der Waals surface area contributed by atoms with E-state index in [0.29, 0.717) is 6.04 Å². The van der Waals surface area contributed by atoms with E-state index in [2.05, 4.69) is 42.5 Å². The smallest absolute Gasteiger partial charge is 0.0644 e. The molecule has 2 aromatic heterocycles. The Labute approximate surface area is 114 Å². The fourth-order valence-electron chi connectivity index (χ4n) is 2.63. The summed E-state index contributed by atoms with van der Waals surface area (Å²) in [6, 6.07) is 0.294. The van der Waals surface area contributed by atoms with Crippen molar-refractivity contribution in [3.63, 3.8) is 0 Å². The van der Waals surface area contributed by atoms with Gasteiger partial charge in [-0.3, -0.25) is 9.36 Å². The zero-order valence-electron chi connectivity index (χ0n) is 12.4. The Bertz CT molecular complexity index is 552. The molecule has 2 rings (SSSR count). The van der Waals surface area contributed by atoms with E-state index in [-0.39, 0.29) is 0 Å². The molecular weight excluding hydrogens is 238 g/mol. The highest BCUT2D eigenvalue weighted by Gasteiger charge is 2.20. The van der Waals surface area contributed by atoms with Crippen molar-refractivity contribution in [3.8, 4) is 0 Å². The second kappa shape index (κ2) is 5.57. The van der Waals surface area contributed by atoms with Crippen LogP contribution in [0, 0.1) is 13.8 Å². The van der Waals surface area contributed by atoms with Crippen molar-refractivity contribution in [2.24, 2.45) is 14.1 Å². The van der Waals surface area contributed by atoms with Crippen LogP contribution in [0.2, 0.25) is 0 Å². The molecule has 2 heterocycles. The van der Waals surface area contributed by atoms with Crippen molar-refractivity contribution in [3.05, 3.63) is 34.9 Å². The first kappa shape index (κ1) is 13.8. The third kappa shape index (κ3) is 2.87. The molecular formula is C14H23N5. The predicted molar refractivity (Wildman–Crippen MR) is 76.0 cm³/mol. The Kier molecular flexibility index (Phi) is 4.04. The van der Waals surface area contributed by atoms with Gasteiger partial charge in [-0.25, -0.2) is 0 Å². The van der Waals surface area contributed by atoms with Gasteiger partial charge in [-0.1, -0.05) is 6.92 Å². The predicted octanol–water partition coefficient (Wildman–Crippen LogP) is 1.66. The molecule has 1 N–H and O–H groups in total. The lowest BCUT2D eigenvalue weighted by molar-refractivity contribution is 0.544. The van der Waals surface area contributed by atoms with Crippen LogP contribution >= 0.6 is 0 Å². The number of nitrogens with zero attached hydrogens (tertiary/aromatic N) is 4. The number of likely N-dealkylation sites (N-methyl/N-ethyl adjacent to an activating group) is 1.